The molecule has 0 bridgehead atoms. The monoisotopic (exact) mass is 259 g/mol. The van der Waals surface area contributed by atoms with Crippen molar-refractivity contribution in [1.29, 1.82) is 0 Å². The first-order valence-electron chi connectivity index (χ1n) is 7.13. The number of aldehydes is 1. The maximum atomic E-state index is 11.4. The molecule has 2 fully saturated rings. The van der Waals surface area contributed by atoms with Crippen LogP contribution in [0.1, 0.15) is 24.3 Å². The van der Waals surface area contributed by atoms with E-state index in [1.807, 2.05) is 0 Å². The summed E-state index contributed by atoms with van der Waals surface area (Å²) in [5.74, 6) is 0.618. The summed E-state index contributed by atoms with van der Waals surface area (Å²) in [4.78, 5) is 13.8. The molecule has 2 aliphatic rings. The van der Waals surface area contributed by atoms with Crippen LogP contribution in [-0.4, -0.2) is 44.0 Å². The molecule has 1 aromatic carbocycles. The molecule has 0 aromatic heterocycles. The van der Waals surface area contributed by atoms with Crippen molar-refractivity contribution in [3.8, 4) is 0 Å². The van der Waals surface area contributed by atoms with Gasteiger partial charge in [-0.3, -0.25) is 0 Å². The molecule has 0 aliphatic carbocycles. The van der Waals surface area contributed by atoms with E-state index in [0.29, 0.717) is 12.5 Å². The molecule has 2 saturated heterocycles. The first-order valence-corrected chi connectivity index (χ1v) is 7.13. The van der Waals surface area contributed by atoms with Gasteiger partial charge in [0, 0.05) is 19.7 Å². The van der Waals surface area contributed by atoms with Crippen molar-refractivity contribution in [3.63, 3.8) is 0 Å². The first kappa shape index (κ1) is 12.8. The summed E-state index contributed by atoms with van der Waals surface area (Å²) in [5, 5.41) is 0. The zero-order chi connectivity index (χ0) is 13.1. The molecule has 3 heteroatoms. The topological polar surface area (TPSA) is 29.5 Å². The van der Waals surface area contributed by atoms with Gasteiger partial charge in [0.05, 0.1) is 12.0 Å². The SMILES string of the molecule is O=CC1(CN2CCC(c3ccccc3)C2)CCOC1. The Hall–Kier alpha value is -1.19. The number of hydrogen-bond acceptors (Lipinski definition) is 3. The second-order valence-corrected chi connectivity index (χ2v) is 5.91. The van der Waals surface area contributed by atoms with Crippen molar-refractivity contribution >= 4 is 6.29 Å². The van der Waals surface area contributed by atoms with Crippen LogP contribution in [0.25, 0.3) is 0 Å². The molecule has 0 spiro atoms. The molecular formula is C16H21NO2. The van der Waals surface area contributed by atoms with Gasteiger partial charge >= 0.3 is 0 Å². The number of carbonyl (C=O) groups excluding carboxylic acids is 1. The molecule has 2 aliphatic heterocycles. The minimum atomic E-state index is -0.244. The van der Waals surface area contributed by atoms with Crippen LogP contribution in [0.3, 0.4) is 0 Å². The van der Waals surface area contributed by atoms with Crippen LogP contribution in [0.4, 0.5) is 0 Å². The number of ether oxygens (including phenoxy) is 1. The number of benzene rings is 1. The quantitative estimate of drug-likeness (QED) is 0.775. The summed E-state index contributed by atoms with van der Waals surface area (Å²) in [5.41, 5.74) is 1.18. The molecular weight excluding hydrogens is 238 g/mol. The fraction of sp³-hybridized carbons (Fsp3) is 0.562. The third-order valence-corrected chi connectivity index (χ3v) is 4.47. The van der Waals surface area contributed by atoms with E-state index in [4.69, 9.17) is 4.74 Å². The number of carbonyl (C=O) groups is 1. The van der Waals surface area contributed by atoms with Crippen molar-refractivity contribution in [2.24, 2.45) is 5.41 Å². The van der Waals surface area contributed by atoms with Gasteiger partial charge in [0.15, 0.2) is 0 Å². The van der Waals surface area contributed by atoms with Crippen molar-refractivity contribution in [2.75, 3.05) is 32.8 Å². The first-order chi connectivity index (χ1) is 9.31. The van der Waals surface area contributed by atoms with Crippen molar-refractivity contribution in [1.82, 2.24) is 4.90 Å². The lowest BCUT2D eigenvalue weighted by atomic mass is 9.88. The molecule has 2 unspecified atom stereocenters. The van der Waals surface area contributed by atoms with Gasteiger partial charge in [-0.25, -0.2) is 0 Å². The van der Waals surface area contributed by atoms with Gasteiger partial charge in [-0.15, -0.1) is 0 Å². The molecule has 0 N–H and O–H groups in total. The fourth-order valence-corrected chi connectivity index (χ4v) is 3.30. The van der Waals surface area contributed by atoms with Crippen LogP contribution < -0.4 is 0 Å². The zero-order valence-corrected chi connectivity index (χ0v) is 11.3. The average molecular weight is 259 g/mol. The Morgan fingerprint density at radius 3 is 2.89 bits per heavy atom. The van der Waals surface area contributed by atoms with E-state index in [1.165, 1.54) is 12.0 Å². The highest BCUT2D eigenvalue weighted by Crippen LogP contribution is 2.32. The maximum Gasteiger partial charge on any atom is 0.129 e. The van der Waals surface area contributed by atoms with Crippen LogP contribution in [-0.2, 0) is 9.53 Å². The number of nitrogens with zero attached hydrogens (tertiary/aromatic N) is 1. The van der Waals surface area contributed by atoms with Gasteiger partial charge in [-0.2, -0.15) is 0 Å². The predicted octanol–water partition coefficient (Wildman–Crippen LogP) is 2.08. The summed E-state index contributed by atoms with van der Waals surface area (Å²) in [6, 6.07) is 10.7. The van der Waals surface area contributed by atoms with E-state index in [0.717, 1.165) is 38.9 Å². The summed E-state index contributed by atoms with van der Waals surface area (Å²) < 4.78 is 5.42. The Kier molecular flexibility index (Phi) is 3.67. The van der Waals surface area contributed by atoms with E-state index >= 15 is 0 Å². The average Bonchev–Trinajstić information content (AvgIpc) is 3.10. The normalized spacial score (nSPS) is 31.7. The molecule has 102 valence electrons. The van der Waals surface area contributed by atoms with Crippen LogP contribution >= 0.6 is 0 Å². The molecule has 0 saturated carbocycles. The van der Waals surface area contributed by atoms with E-state index in [-0.39, 0.29) is 5.41 Å². The van der Waals surface area contributed by atoms with Gasteiger partial charge < -0.3 is 14.4 Å². The third kappa shape index (κ3) is 2.72. The van der Waals surface area contributed by atoms with Crippen LogP contribution in [0, 0.1) is 5.41 Å². The lowest BCUT2D eigenvalue weighted by molar-refractivity contribution is -0.117. The Morgan fingerprint density at radius 1 is 1.37 bits per heavy atom. The second-order valence-electron chi connectivity index (χ2n) is 5.91. The molecule has 0 radical (unpaired) electrons. The van der Waals surface area contributed by atoms with Crippen molar-refractivity contribution in [3.05, 3.63) is 35.9 Å². The van der Waals surface area contributed by atoms with Crippen LogP contribution in [0.2, 0.25) is 0 Å². The molecule has 19 heavy (non-hydrogen) atoms. The van der Waals surface area contributed by atoms with Gasteiger partial charge in [-0.1, -0.05) is 30.3 Å². The van der Waals surface area contributed by atoms with E-state index < -0.39 is 0 Å². The Bertz CT molecular complexity index is 426. The predicted molar refractivity (Wildman–Crippen MR) is 74.2 cm³/mol. The van der Waals surface area contributed by atoms with Crippen molar-refractivity contribution < 1.29 is 9.53 Å². The second kappa shape index (κ2) is 5.43. The largest absolute Gasteiger partial charge is 0.380 e. The summed E-state index contributed by atoms with van der Waals surface area (Å²) in [6.07, 6.45) is 3.19. The lowest BCUT2D eigenvalue weighted by Gasteiger charge is -2.27. The molecule has 0 amide bonds. The molecule has 2 heterocycles. The minimum absolute atomic E-state index is 0.244. The van der Waals surface area contributed by atoms with Crippen molar-refractivity contribution in [2.45, 2.75) is 18.8 Å². The molecule has 2 atom stereocenters. The Balaban J connectivity index is 1.62. The van der Waals surface area contributed by atoms with Gasteiger partial charge in [0.1, 0.15) is 6.29 Å². The third-order valence-electron chi connectivity index (χ3n) is 4.47. The summed E-state index contributed by atoms with van der Waals surface area (Å²) >= 11 is 0. The highest BCUT2D eigenvalue weighted by molar-refractivity contribution is 5.60. The lowest BCUT2D eigenvalue weighted by Crippen LogP contribution is -2.38. The van der Waals surface area contributed by atoms with Gasteiger partial charge in [0.2, 0.25) is 0 Å². The zero-order valence-electron chi connectivity index (χ0n) is 11.3. The number of rotatable bonds is 4. The molecule has 3 nitrogen and oxygen atoms in total. The Labute approximate surface area is 114 Å². The van der Waals surface area contributed by atoms with E-state index in [1.54, 1.807) is 0 Å². The fourth-order valence-electron chi connectivity index (χ4n) is 3.30. The smallest absolute Gasteiger partial charge is 0.129 e. The Morgan fingerprint density at radius 2 is 2.21 bits per heavy atom. The number of hydrogen-bond donors (Lipinski definition) is 0. The molecule has 1 aromatic rings. The van der Waals surface area contributed by atoms with Gasteiger partial charge in [-0.05, 0) is 30.9 Å². The standard InChI is InChI=1S/C16H21NO2/c18-12-16(7-9-19-13-16)11-17-8-6-15(10-17)14-4-2-1-3-5-14/h1-5,12,15H,6-11,13H2. The van der Waals surface area contributed by atoms with Crippen LogP contribution in [0.15, 0.2) is 30.3 Å². The minimum Gasteiger partial charge on any atom is -0.380 e. The van der Waals surface area contributed by atoms with Crippen LogP contribution in [0.5, 0.6) is 0 Å². The highest BCUT2D eigenvalue weighted by atomic mass is 16.5. The highest BCUT2D eigenvalue weighted by Gasteiger charge is 2.38. The number of likely N-dealkylation sites (tertiary alicyclic amines) is 1. The summed E-state index contributed by atoms with van der Waals surface area (Å²) in [6.45, 7) is 4.35. The van der Waals surface area contributed by atoms with Gasteiger partial charge in [0.25, 0.3) is 0 Å². The molecule has 3 rings (SSSR count). The summed E-state index contributed by atoms with van der Waals surface area (Å²) in [7, 11) is 0. The van der Waals surface area contributed by atoms with E-state index in [2.05, 4.69) is 35.2 Å². The van der Waals surface area contributed by atoms with E-state index in [9.17, 15) is 4.79 Å². The maximum absolute atomic E-state index is 11.4.